The number of urea groups is 1. The van der Waals surface area contributed by atoms with E-state index in [-0.39, 0.29) is 6.54 Å². The molecule has 0 unspecified atom stereocenters. The summed E-state index contributed by atoms with van der Waals surface area (Å²) in [6, 6.07) is 3.01. The largest absolute Gasteiger partial charge is 0.347 e. The molecule has 1 aromatic rings. The van der Waals surface area contributed by atoms with E-state index in [4.69, 9.17) is 5.21 Å². The number of nitrogens with zero attached hydrogens (tertiary/aromatic N) is 2. The summed E-state index contributed by atoms with van der Waals surface area (Å²) in [6.07, 6.45) is 1.59. The molecular formula is C7H7N3O2. The van der Waals surface area contributed by atoms with E-state index < -0.39 is 6.03 Å². The lowest BCUT2D eigenvalue weighted by atomic mass is 10.2. The number of nitrogens with one attached hydrogen (secondary N) is 1. The van der Waals surface area contributed by atoms with Gasteiger partial charge >= 0.3 is 6.03 Å². The third-order valence-corrected chi connectivity index (χ3v) is 1.67. The molecule has 2 rings (SSSR count). The molecule has 62 valence electrons. The van der Waals surface area contributed by atoms with Crippen LogP contribution in [-0.4, -0.2) is 21.3 Å². The van der Waals surface area contributed by atoms with Crippen LogP contribution in [0.3, 0.4) is 0 Å². The zero-order valence-corrected chi connectivity index (χ0v) is 6.19. The van der Waals surface area contributed by atoms with Gasteiger partial charge in [0.15, 0.2) is 0 Å². The van der Waals surface area contributed by atoms with Gasteiger partial charge in [-0.3, -0.25) is 10.5 Å². The van der Waals surface area contributed by atoms with Crippen molar-refractivity contribution < 1.29 is 10.0 Å². The molecule has 5 heteroatoms. The molecule has 2 N–H and O–H groups in total. The molecule has 1 aromatic heterocycles. The van der Waals surface area contributed by atoms with Crippen LogP contribution in [0.2, 0.25) is 0 Å². The zero-order valence-electron chi connectivity index (χ0n) is 6.19. The minimum absolute atomic E-state index is 0.189. The number of carbonyl (C=O) groups is 1. The van der Waals surface area contributed by atoms with E-state index in [1.807, 2.05) is 0 Å². The molecule has 0 spiro atoms. The van der Waals surface area contributed by atoms with Gasteiger partial charge in [0.05, 0.1) is 6.54 Å². The Bertz CT molecular complexity index is 326. The SMILES string of the molecule is O=C1Nc2ncccc2CN1O. The molecule has 0 aliphatic carbocycles. The molecule has 2 amide bonds. The maximum absolute atomic E-state index is 10.9. The molecule has 0 radical (unpaired) electrons. The summed E-state index contributed by atoms with van der Waals surface area (Å²) in [7, 11) is 0. The standard InChI is InChI=1S/C7H7N3O2/c11-7-9-6-5(4-10(7)12)2-1-3-8-6/h1-3,12H,4H2,(H,8,9,11). The number of anilines is 1. The predicted octanol–water partition coefficient (Wildman–Crippen LogP) is 0.818. The van der Waals surface area contributed by atoms with Crippen molar-refractivity contribution in [3.05, 3.63) is 23.9 Å². The minimum atomic E-state index is -0.541. The smallest absolute Gasteiger partial charge is 0.290 e. The second-order valence-corrected chi connectivity index (χ2v) is 2.50. The quantitative estimate of drug-likeness (QED) is 0.559. The Morgan fingerprint density at radius 2 is 2.50 bits per heavy atom. The van der Waals surface area contributed by atoms with E-state index in [1.54, 1.807) is 18.3 Å². The third-order valence-electron chi connectivity index (χ3n) is 1.67. The van der Waals surface area contributed by atoms with Crippen molar-refractivity contribution >= 4 is 11.8 Å². The van der Waals surface area contributed by atoms with Gasteiger partial charge in [0, 0.05) is 11.8 Å². The van der Waals surface area contributed by atoms with Crippen molar-refractivity contribution in [3.8, 4) is 0 Å². The second-order valence-electron chi connectivity index (χ2n) is 2.50. The Labute approximate surface area is 68.6 Å². The van der Waals surface area contributed by atoms with Crippen molar-refractivity contribution in [1.29, 1.82) is 0 Å². The van der Waals surface area contributed by atoms with Gasteiger partial charge in [-0.25, -0.2) is 14.8 Å². The number of carbonyl (C=O) groups excluding carboxylic acids is 1. The summed E-state index contributed by atoms with van der Waals surface area (Å²) >= 11 is 0. The first kappa shape index (κ1) is 7.05. The van der Waals surface area contributed by atoms with E-state index in [0.717, 1.165) is 5.56 Å². The van der Waals surface area contributed by atoms with E-state index in [1.165, 1.54) is 0 Å². The first-order valence-corrected chi connectivity index (χ1v) is 3.48. The van der Waals surface area contributed by atoms with Gasteiger partial charge in [0.2, 0.25) is 0 Å². The molecule has 0 saturated carbocycles. The summed E-state index contributed by atoms with van der Waals surface area (Å²) in [5.41, 5.74) is 0.805. The molecule has 2 heterocycles. The average molecular weight is 165 g/mol. The van der Waals surface area contributed by atoms with Crippen LogP contribution in [0.5, 0.6) is 0 Å². The summed E-state index contributed by atoms with van der Waals surface area (Å²) in [5.74, 6) is 0.521. The molecule has 0 saturated heterocycles. The fraction of sp³-hybridized carbons (Fsp3) is 0.143. The monoisotopic (exact) mass is 165 g/mol. The van der Waals surface area contributed by atoms with Crippen LogP contribution in [0.15, 0.2) is 18.3 Å². The van der Waals surface area contributed by atoms with Gasteiger partial charge in [0.25, 0.3) is 0 Å². The van der Waals surface area contributed by atoms with Gasteiger partial charge in [-0.1, -0.05) is 6.07 Å². The van der Waals surface area contributed by atoms with Gasteiger partial charge in [-0.15, -0.1) is 0 Å². The summed E-state index contributed by atoms with van der Waals surface area (Å²) in [6.45, 7) is 0.189. The number of hydrogen-bond acceptors (Lipinski definition) is 3. The average Bonchev–Trinajstić information content (AvgIpc) is 2.07. The zero-order chi connectivity index (χ0) is 8.55. The van der Waals surface area contributed by atoms with Crippen molar-refractivity contribution in [2.24, 2.45) is 0 Å². The second kappa shape index (κ2) is 2.46. The molecule has 0 bridgehead atoms. The summed E-state index contributed by atoms with van der Waals surface area (Å²) in [4.78, 5) is 14.8. The van der Waals surface area contributed by atoms with Crippen LogP contribution < -0.4 is 5.32 Å². The van der Waals surface area contributed by atoms with Crippen LogP contribution in [0, 0.1) is 0 Å². The number of hydrogen-bond donors (Lipinski definition) is 2. The lowest BCUT2D eigenvalue weighted by Gasteiger charge is -2.22. The lowest BCUT2D eigenvalue weighted by molar-refractivity contribution is -0.0471. The number of aromatic nitrogens is 1. The van der Waals surface area contributed by atoms with Crippen LogP contribution in [-0.2, 0) is 6.54 Å². The van der Waals surface area contributed by atoms with Crippen LogP contribution >= 0.6 is 0 Å². The van der Waals surface area contributed by atoms with Crippen LogP contribution in [0.25, 0.3) is 0 Å². The highest BCUT2D eigenvalue weighted by Crippen LogP contribution is 2.18. The number of fused-ring (bicyclic) bond motifs is 1. The van der Waals surface area contributed by atoms with Crippen LogP contribution in [0.4, 0.5) is 10.6 Å². The highest BCUT2D eigenvalue weighted by atomic mass is 16.5. The number of amides is 2. The number of pyridine rings is 1. The molecule has 1 aliphatic heterocycles. The van der Waals surface area contributed by atoms with Crippen molar-refractivity contribution in [2.45, 2.75) is 6.54 Å². The molecule has 5 nitrogen and oxygen atoms in total. The van der Waals surface area contributed by atoms with E-state index >= 15 is 0 Å². The van der Waals surface area contributed by atoms with Crippen molar-refractivity contribution in [1.82, 2.24) is 10.0 Å². The van der Waals surface area contributed by atoms with Crippen molar-refractivity contribution in [2.75, 3.05) is 5.32 Å². The molecule has 12 heavy (non-hydrogen) atoms. The van der Waals surface area contributed by atoms with E-state index in [2.05, 4.69) is 10.3 Å². The topological polar surface area (TPSA) is 65.5 Å². The highest BCUT2D eigenvalue weighted by molar-refractivity contribution is 5.90. The minimum Gasteiger partial charge on any atom is -0.290 e. The molecular weight excluding hydrogens is 158 g/mol. The first-order valence-electron chi connectivity index (χ1n) is 3.48. The normalized spacial score (nSPS) is 15.4. The Balaban J connectivity index is 2.40. The summed E-state index contributed by atoms with van der Waals surface area (Å²) in [5, 5.41) is 12.1. The number of rotatable bonds is 0. The van der Waals surface area contributed by atoms with E-state index in [9.17, 15) is 4.79 Å². The molecule has 0 fully saturated rings. The van der Waals surface area contributed by atoms with E-state index in [0.29, 0.717) is 10.9 Å². The lowest BCUT2D eigenvalue weighted by Crippen LogP contribution is -2.36. The fourth-order valence-corrected chi connectivity index (χ4v) is 1.08. The fourth-order valence-electron chi connectivity index (χ4n) is 1.08. The maximum atomic E-state index is 10.9. The Morgan fingerprint density at radius 3 is 3.33 bits per heavy atom. The molecule has 0 aromatic carbocycles. The predicted molar refractivity (Wildman–Crippen MR) is 40.6 cm³/mol. The Hall–Kier alpha value is -1.62. The highest BCUT2D eigenvalue weighted by Gasteiger charge is 2.20. The van der Waals surface area contributed by atoms with Gasteiger partial charge in [0.1, 0.15) is 5.82 Å². The first-order chi connectivity index (χ1) is 5.77. The Kier molecular flexibility index (Phi) is 1.44. The van der Waals surface area contributed by atoms with Gasteiger partial charge < -0.3 is 0 Å². The molecule has 1 aliphatic rings. The van der Waals surface area contributed by atoms with Gasteiger partial charge in [-0.2, -0.15) is 0 Å². The summed E-state index contributed by atoms with van der Waals surface area (Å²) < 4.78 is 0. The third kappa shape index (κ3) is 0.998. The van der Waals surface area contributed by atoms with Crippen molar-refractivity contribution in [3.63, 3.8) is 0 Å². The van der Waals surface area contributed by atoms with Crippen LogP contribution in [0.1, 0.15) is 5.56 Å². The number of hydroxylamine groups is 2. The maximum Gasteiger partial charge on any atom is 0.347 e. The molecule has 0 atom stereocenters. The van der Waals surface area contributed by atoms with Gasteiger partial charge in [-0.05, 0) is 6.07 Å². The Morgan fingerprint density at radius 1 is 1.67 bits per heavy atom.